The lowest BCUT2D eigenvalue weighted by Gasteiger charge is -2.14. The lowest BCUT2D eigenvalue weighted by molar-refractivity contribution is 0.342. The average Bonchev–Trinajstić information content (AvgIpc) is 2.81. The van der Waals surface area contributed by atoms with Crippen LogP contribution < -0.4 is 24.8 Å². The van der Waals surface area contributed by atoms with Crippen LogP contribution in [-0.2, 0) is 13.1 Å². The molecule has 0 amide bonds. The van der Waals surface area contributed by atoms with Crippen LogP contribution in [0.4, 0.5) is 0 Å². The molecule has 7 nitrogen and oxygen atoms in total. The minimum absolute atomic E-state index is 0.453. The van der Waals surface area contributed by atoms with Crippen LogP contribution in [0, 0.1) is 13.8 Å². The maximum absolute atomic E-state index is 5.91. The minimum atomic E-state index is 0.453. The second kappa shape index (κ2) is 11.0. The number of benzene rings is 2. The maximum atomic E-state index is 5.91. The number of ether oxygens (including phenoxy) is 3. The summed E-state index contributed by atoms with van der Waals surface area (Å²) in [5, 5.41) is 6.66. The zero-order valence-electron chi connectivity index (χ0n) is 19.2. The number of nitrogens with one attached hydrogen (secondary N) is 2. The fraction of sp³-hybridized carbons (Fsp3) is 0.280. The number of nitrogens with zero attached hydrogens (tertiary/aromatic N) is 2. The molecule has 0 aliphatic carbocycles. The summed E-state index contributed by atoms with van der Waals surface area (Å²) < 4.78 is 16.6. The number of methoxy groups -OCH3 is 2. The van der Waals surface area contributed by atoms with Crippen molar-refractivity contribution in [1.29, 1.82) is 0 Å². The fourth-order valence-corrected chi connectivity index (χ4v) is 3.23. The Balaban J connectivity index is 1.57. The molecule has 0 saturated heterocycles. The Morgan fingerprint density at radius 3 is 2.25 bits per heavy atom. The van der Waals surface area contributed by atoms with Crippen molar-refractivity contribution in [3.63, 3.8) is 0 Å². The van der Waals surface area contributed by atoms with E-state index in [2.05, 4.69) is 52.7 Å². The number of pyridine rings is 1. The highest BCUT2D eigenvalue weighted by Gasteiger charge is 2.13. The van der Waals surface area contributed by atoms with E-state index in [4.69, 9.17) is 14.2 Å². The molecule has 2 aromatic carbocycles. The third-order valence-corrected chi connectivity index (χ3v) is 5.01. The minimum Gasteiger partial charge on any atom is -0.493 e. The first-order valence-corrected chi connectivity index (χ1v) is 10.4. The Morgan fingerprint density at radius 1 is 0.938 bits per heavy atom. The SMILES string of the molecule is CN=C(NCc1ccc(Oc2c(OC)cccc2OC)nc1)NCc1ccc(C)cc1C. The molecule has 0 unspecified atom stereocenters. The molecular formula is C25H30N4O3. The molecule has 2 N–H and O–H groups in total. The molecule has 7 heteroatoms. The molecule has 0 spiro atoms. The quantitative estimate of drug-likeness (QED) is 0.405. The smallest absolute Gasteiger partial charge is 0.219 e. The van der Waals surface area contributed by atoms with Gasteiger partial charge in [-0.25, -0.2) is 4.98 Å². The number of hydrogen-bond acceptors (Lipinski definition) is 5. The molecule has 0 atom stereocenters. The van der Waals surface area contributed by atoms with Crippen molar-refractivity contribution in [3.8, 4) is 23.1 Å². The Hall–Kier alpha value is -3.74. The van der Waals surface area contributed by atoms with Gasteiger partial charge in [-0.2, -0.15) is 0 Å². The monoisotopic (exact) mass is 434 g/mol. The topological polar surface area (TPSA) is 77.0 Å². The summed E-state index contributed by atoms with van der Waals surface area (Å²) in [7, 11) is 4.93. The summed E-state index contributed by atoms with van der Waals surface area (Å²) in [6.45, 7) is 5.51. The largest absolute Gasteiger partial charge is 0.493 e. The number of rotatable bonds is 8. The molecule has 32 heavy (non-hydrogen) atoms. The van der Waals surface area contributed by atoms with Crippen molar-refractivity contribution >= 4 is 5.96 Å². The van der Waals surface area contributed by atoms with Crippen LogP contribution in [0.2, 0.25) is 0 Å². The van der Waals surface area contributed by atoms with Gasteiger partial charge in [0.2, 0.25) is 11.6 Å². The summed E-state index contributed by atoms with van der Waals surface area (Å²) in [6, 6.07) is 15.7. The van der Waals surface area contributed by atoms with Crippen molar-refractivity contribution in [1.82, 2.24) is 15.6 Å². The normalized spacial score (nSPS) is 11.1. The number of aromatic nitrogens is 1. The van der Waals surface area contributed by atoms with E-state index >= 15 is 0 Å². The third kappa shape index (κ3) is 5.91. The number of aryl methyl sites for hydroxylation is 2. The number of hydrogen-bond donors (Lipinski definition) is 2. The molecule has 0 aliphatic heterocycles. The Morgan fingerprint density at radius 2 is 1.66 bits per heavy atom. The lowest BCUT2D eigenvalue weighted by Crippen LogP contribution is -2.36. The second-order valence-corrected chi connectivity index (χ2v) is 7.31. The van der Waals surface area contributed by atoms with E-state index in [0.717, 1.165) is 11.5 Å². The van der Waals surface area contributed by atoms with Gasteiger partial charge in [-0.15, -0.1) is 0 Å². The van der Waals surface area contributed by atoms with Crippen LogP contribution in [0.3, 0.4) is 0 Å². The van der Waals surface area contributed by atoms with E-state index in [1.807, 2.05) is 30.3 Å². The summed E-state index contributed by atoms with van der Waals surface area (Å²) in [6.07, 6.45) is 1.77. The van der Waals surface area contributed by atoms with Gasteiger partial charge in [0.05, 0.1) is 14.2 Å². The highest BCUT2D eigenvalue weighted by molar-refractivity contribution is 5.79. The molecular weight excluding hydrogens is 404 g/mol. The molecule has 0 radical (unpaired) electrons. The van der Waals surface area contributed by atoms with Crippen LogP contribution >= 0.6 is 0 Å². The van der Waals surface area contributed by atoms with E-state index < -0.39 is 0 Å². The van der Waals surface area contributed by atoms with Crippen molar-refractivity contribution in [2.45, 2.75) is 26.9 Å². The molecule has 1 heterocycles. The second-order valence-electron chi connectivity index (χ2n) is 7.31. The van der Waals surface area contributed by atoms with Gasteiger partial charge in [0, 0.05) is 32.4 Å². The predicted octanol–water partition coefficient (Wildman–Crippen LogP) is 4.37. The summed E-state index contributed by atoms with van der Waals surface area (Å²) in [5.41, 5.74) is 4.77. The van der Waals surface area contributed by atoms with Gasteiger partial charge in [0.1, 0.15) is 0 Å². The summed E-state index contributed by atoms with van der Waals surface area (Å²) in [4.78, 5) is 8.71. The van der Waals surface area contributed by atoms with Crippen molar-refractivity contribution < 1.29 is 14.2 Å². The zero-order valence-corrected chi connectivity index (χ0v) is 19.2. The van der Waals surface area contributed by atoms with Crippen LogP contribution in [0.25, 0.3) is 0 Å². The molecule has 0 bridgehead atoms. The van der Waals surface area contributed by atoms with Crippen LogP contribution in [-0.4, -0.2) is 32.2 Å². The van der Waals surface area contributed by atoms with Gasteiger partial charge in [-0.3, -0.25) is 4.99 Å². The molecule has 0 fully saturated rings. The molecule has 0 aliphatic rings. The van der Waals surface area contributed by atoms with Crippen LogP contribution in [0.5, 0.6) is 23.1 Å². The van der Waals surface area contributed by atoms with E-state index in [0.29, 0.717) is 36.2 Å². The van der Waals surface area contributed by atoms with E-state index in [1.165, 1.54) is 16.7 Å². The highest BCUT2D eigenvalue weighted by Crippen LogP contribution is 2.39. The molecule has 3 rings (SSSR count). The van der Waals surface area contributed by atoms with Crippen LogP contribution in [0.15, 0.2) is 59.7 Å². The number of guanidine groups is 1. The Bertz CT molecular complexity index is 1040. The van der Waals surface area contributed by atoms with Gasteiger partial charge in [0.15, 0.2) is 17.5 Å². The summed E-state index contributed by atoms with van der Waals surface area (Å²) in [5.74, 6) is 2.83. The standard InChI is InChI=1S/C25H30N4O3/c1-17-9-11-20(18(2)13-17)16-29-25(26-3)28-15-19-10-12-23(27-14-19)32-24-21(30-4)7-6-8-22(24)31-5/h6-14H,15-16H2,1-5H3,(H2,26,28,29). The average molecular weight is 435 g/mol. The van der Waals surface area contributed by atoms with E-state index in [-0.39, 0.29) is 0 Å². The van der Waals surface area contributed by atoms with Crippen molar-refractivity contribution in [2.75, 3.05) is 21.3 Å². The Labute approximate surface area is 189 Å². The lowest BCUT2D eigenvalue weighted by atomic mass is 10.1. The first-order chi connectivity index (χ1) is 15.5. The molecule has 168 valence electrons. The highest BCUT2D eigenvalue weighted by atomic mass is 16.5. The van der Waals surface area contributed by atoms with E-state index in [9.17, 15) is 0 Å². The number of para-hydroxylation sites is 1. The Kier molecular flexibility index (Phi) is 7.91. The van der Waals surface area contributed by atoms with Crippen LogP contribution in [0.1, 0.15) is 22.3 Å². The van der Waals surface area contributed by atoms with Gasteiger partial charge in [0.25, 0.3) is 0 Å². The predicted molar refractivity (Wildman–Crippen MR) is 127 cm³/mol. The third-order valence-electron chi connectivity index (χ3n) is 5.01. The molecule has 3 aromatic rings. The maximum Gasteiger partial charge on any atom is 0.219 e. The van der Waals surface area contributed by atoms with Crippen molar-refractivity contribution in [3.05, 3.63) is 77.0 Å². The molecule has 1 aromatic heterocycles. The fourth-order valence-electron chi connectivity index (χ4n) is 3.23. The summed E-state index contributed by atoms with van der Waals surface area (Å²) >= 11 is 0. The van der Waals surface area contributed by atoms with Crippen molar-refractivity contribution in [2.24, 2.45) is 4.99 Å². The zero-order chi connectivity index (χ0) is 22.9. The molecule has 0 saturated carbocycles. The number of aliphatic imine (C=N–C) groups is 1. The van der Waals surface area contributed by atoms with Gasteiger partial charge < -0.3 is 24.8 Å². The van der Waals surface area contributed by atoms with Gasteiger partial charge in [-0.1, -0.05) is 35.9 Å². The first kappa shape index (κ1) is 22.9. The van der Waals surface area contributed by atoms with Gasteiger partial charge >= 0.3 is 0 Å². The van der Waals surface area contributed by atoms with E-state index in [1.54, 1.807) is 27.5 Å². The first-order valence-electron chi connectivity index (χ1n) is 10.4. The van der Waals surface area contributed by atoms with Gasteiger partial charge in [-0.05, 0) is 42.7 Å².